The minimum Gasteiger partial charge on any atom is -0.360 e. The zero-order chi connectivity index (χ0) is 17.5. The number of aromatic nitrogens is 1. The summed E-state index contributed by atoms with van der Waals surface area (Å²) < 4.78 is 4.89. The number of benzene rings is 1. The summed E-state index contributed by atoms with van der Waals surface area (Å²) in [6, 6.07) is 11.3. The van der Waals surface area contributed by atoms with Crippen LogP contribution in [0.1, 0.15) is 31.2 Å². The summed E-state index contributed by atoms with van der Waals surface area (Å²) in [5, 5.41) is 8.92. The maximum atomic E-state index is 12.0. The van der Waals surface area contributed by atoms with E-state index in [1.165, 1.54) is 11.8 Å². The van der Waals surface area contributed by atoms with Crippen LogP contribution in [0.3, 0.4) is 0 Å². The standard InChI is InChI=1S/C17H21N3O3S/c1-11-9-15(20-23-11)19-17(22)13(3)24-10-16(21)18-12(2)14-7-5-4-6-8-14/h4-9,12-13H,10H2,1-3H3,(H,18,21)(H,19,20,22)/t12-,13-/m0/s1. The Morgan fingerprint density at radius 2 is 1.96 bits per heavy atom. The molecule has 0 saturated carbocycles. The summed E-state index contributed by atoms with van der Waals surface area (Å²) in [4.78, 5) is 24.1. The molecule has 0 aliphatic heterocycles. The van der Waals surface area contributed by atoms with Gasteiger partial charge in [-0.3, -0.25) is 9.59 Å². The molecule has 7 heteroatoms. The number of hydrogen-bond acceptors (Lipinski definition) is 5. The van der Waals surface area contributed by atoms with E-state index in [9.17, 15) is 9.59 Å². The smallest absolute Gasteiger partial charge is 0.238 e. The third-order valence-corrected chi connectivity index (χ3v) is 4.53. The van der Waals surface area contributed by atoms with Crippen molar-refractivity contribution in [3.8, 4) is 0 Å². The van der Waals surface area contributed by atoms with E-state index in [0.717, 1.165) is 5.56 Å². The van der Waals surface area contributed by atoms with Gasteiger partial charge in [0, 0.05) is 6.07 Å². The minimum atomic E-state index is -0.375. The zero-order valence-electron chi connectivity index (χ0n) is 13.9. The second-order valence-corrected chi connectivity index (χ2v) is 6.79. The number of carbonyl (C=O) groups excluding carboxylic acids is 2. The van der Waals surface area contributed by atoms with Crippen molar-refractivity contribution in [1.29, 1.82) is 0 Å². The van der Waals surface area contributed by atoms with Gasteiger partial charge in [-0.15, -0.1) is 11.8 Å². The quantitative estimate of drug-likeness (QED) is 0.804. The van der Waals surface area contributed by atoms with Gasteiger partial charge in [0.05, 0.1) is 17.0 Å². The molecule has 1 aromatic carbocycles. The number of rotatable bonds is 7. The number of thioether (sulfide) groups is 1. The van der Waals surface area contributed by atoms with Crippen molar-refractivity contribution in [3.05, 3.63) is 47.7 Å². The van der Waals surface area contributed by atoms with Crippen molar-refractivity contribution in [3.63, 3.8) is 0 Å². The second-order valence-electron chi connectivity index (χ2n) is 5.47. The molecule has 2 aromatic rings. The van der Waals surface area contributed by atoms with Crippen molar-refractivity contribution in [2.45, 2.75) is 32.1 Å². The number of carbonyl (C=O) groups is 2. The van der Waals surface area contributed by atoms with E-state index in [2.05, 4.69) is 15.8 Å². The Kier molecular flexibility index (Phi) is 6.43. The van der Waals surface area contributed by atoms with Crippen molar-refractivity contribution in [2.24, 2.45) is 0 Å². The molecule has 2 rings (SSSR count). The monoisotopic (exact) mass is 347 g/mol. The first kappa shape index (κ1) is 18.1. The molecule has 0 aliphatic rings. The molecule has 0 fully saturated rings. The second kappa shape index (κ2) is 8.54. The van der Waals surface area contributed by atoms with Gasteiger partial charge in [0.1, 0.15) is 5.76 Å². The van der Waals surface area contributed by atoms with Crippen molar-refractivity contribution in [1.82, 2.24) is 10.5 Å². The lowest BCUT2D eigenvalue weighted by atomic mass is 10.1. The molecule has 6 nitrogen and oxygen atoms in total. The van der Waals surface area contributed by atoms with Crippen LogP contribution in [0, 0.1) is 6.92 Å². The average Bonchev–Trinajstić information content (AvgIpc) is 2.98. The number of aryl methyl sites for hydroxylation is 1. The lowest BCUT2D eigenvalue weighted by Gasteiger charge is -2.15. The van der Waals surface area contributed by atoms with Gasteiger partial charge in [-0.05, 0) is 26.3 Å². The number of amides is 2. The van der Waals surface area contributed by atoms with Crippen LogP contribution < -0.4 is 10.6 Å². The topological polar surface area (TPSA) is 84.2 Å². The molecule has 128 valence electrons. The van der Waals surface area contributed by atoms with Crippen LogP contribution in [-0.2, 0) is 9.59 Å². The lowest BCUT2D eigenvalue weighted by molar-refractivity contribution is -0.119. The Hall–Kier alpha value is -2.28. The van der Waals surface area contributed by atoms with E-state index >= 15 is 0 Å². The number of hydrogen-bond donors (Lipinski definition) is 2. The molecule has 0 aliphatic carbocycles. The van der Waals surface area contributed by atoms with Crippen LogP contribution >= 0.6 is 11.8 Å². The Labute approximate surface area is 145 Å². The molecule has 0 spiro atoms. The summed E-state index contributed by atoms with van der Waals surface area (Å²) in [6.45, 7) is 5.43. The molecule has 2 N–H and O–H groups in total. The van der Waals surface area contributed by atoms with Crippen molar-refractivity contribution >= 4 is 29.4 Å². The highest BCUT2D eigenvalue weighted by Gasteiger charge is 2.17. The molecule has 0 unspecified atom stereocenters. The van der Waals surface area contributed by atoms with Crippen molar-refractivity contribution < 1.29 is 14.1 Å². The summed E-state index contributed by atoms with van der Waals surface area (Å²) in [6.07, 6.45) is 0. The normalized spacial score (nSPS) is 13.1. The molecular weight excluding hydrogens is 326 g/mol. The number of anilines is 1. The van der Waals surface area contributed by atoms with Gasteiger partial charge < -0.3 is 15.2 Å². The SMILES string of the molecule is Cc1cc(NC(=O)[C@H](C)SCC(=O)N[C@@H](C)c2ccccc2)no1. The number of nitrogens with one attached hydrogen (secondary N) is 2. The van der Waals surface area contributed by atoms with Gasteiger partial charge in [0.25, 0.3) is 0 Å². The predicted octanol–water partition coefficient (Wildman–Crippen LogP) is 2.92. The first-order chi connectivity index (χ1) is 11.5. The third kappa shape index (κ3) is 5.42. The van der Waals surface area contributed by atoms with Gasteiger partial charge in [-0.25, -0.2) is 0 Å². The van der Waals surface area contributed by atoms with E-state index in [1.54, 1.807) is 19.9 Å². The lowest BCUT2D eigenvalue weighted by Crippen LogP contribution is -2.30. The maximum absolute atomic E-state index is 12.0. The molecule has 2 amide bonds. The van der Waals surface area contributed by atoms with E-state index in [0.29, 0.717) is 11.6 Å². The number of nitrogens with zero attached hydrogens (tertiary/aromatic N) is 1. The fraction of sp³-hybridized carbons (Fsp3) is 0.353. The maximum Gasteiger partial charge on any atom is 0.238 e. The molecule has 1 aromatic heterocycles. The molecule has 0 saturated heterocycles. The van der Waals surface area contributed by atoms with Gasteiger partial charge in [-0.2, -0.15) is 0 Å². The van der Waals surface area contributed by atoms with Crippen LogP contribution in [0.15, 0.2) is 40.9 Å². The van der Waals surface area contributed by atoms with Gasteiger partial charge >= 0.3 is 0 Å². The summed E-state index contributed by atoms with van der Waals surface area (Å²) >= 11 is 1.27. The van der Waals surface area contributed by atoms with Crippen LogP contribution in [0.25, 0.3) is 0 Å². The molecule has 0 radical (unpaired) electrons. The molecule has 0 bridgehead atoms. The molecular formula is C17H21N3O3S. The fourth-order valence-electron chi connectivity index (χ4n) is 2.04. The fourth-order valence-corrected chi connectivity index (χ4v) is 2.73. The average molecular weight is 347 g/mol. The Morgan fingerprint density at radius 1 is 1.25 bits per heavy atom. The van der Waals surface area contributed by atoms with Gasteiger partial charge in [-0.1, -0.05) is 35.5 Å². The van der Waals surface area contributed by atoms with Crippen LogP contribution in [0.4, 0.5) is 5.82 Å². The Balaban J connectivity index is 1.75. The summed E-state index contributed by atoms with van der Waals surface area (Å²) in [5.41, 5.74) is 1.04. The van der Waals surface area contributed by atoms with E-state index in [1.807, 2.05) is 37.3 Å². The zero-order valence-corrected chi connectivity index (χ0v) is 14.7. The summed E-state index contributed by atoms with van der Waals surface area (Å²) in [7, 11) is 0. The first-order valence-corrected chi connectivity index (χ1v) is 8.70. The largest absolute Gasteiger partial charge is 0.360 e. The van der Waals surface area contributed by atoms with Crippen LogP contribution in [0.5, 0.6) is 0 Å². The van der Waals surface area contributed by atoms with E-state index in [-0.39, 0.29) is 28.9 Å². The minimum absolute atomic E-state index is 0.0680. The molecule has 1 heterocycles. The Morgan fingerprint density at radius 3 is 2.58 bits per heavy atom. The third-order valence-electron chi connectivity index (χ3n) is 3.39. The van der Waals surface area contributed by atoms with Gasteiger partial charge in [0.2, 0.25) is 11.8 Å². The van der Waals surface area contributed by atoms with Crippen LogP contribution in [-0.4, -0.2) is 28.0 Å². The first-order valence-electron chi connectivity index (χ1n) is 7.66. The molecule has 2 atom stereocenters. The Bertz CT molecular complexity index is 687. The summed E-state index contributed by atoms with van der Waals surface area (Å²) in [5.74, 6) is 0.904. The van der Waals surface area contributed by atoms with E-state index in [4.69, 9.17) is 4.52 Å². The highest BCUT2D eigenvalue weighted by Crippen LogP contribution is 2.15. The van der Waals surface area contributed by atoms with E-state index < -0.39 is 0 Å². The predicted molar refractivity (Wildman–Crippen MR) is 94.8 cm³/mol. The van der Waals surface area contributed by atoms with Crippen molar-refractivity contribution in [2.75, 3.05) is 11.1 Å². The van der Waals surface area contributed by atoms with Gasteiger partial charge in [0.15, 0.2) is 5.82 Å². The molecule has 24 heavy (non-hydrogen) atoms. The highest BCUT2D eigenvalue weighted by molar-refractivity contribution is 8.01. The highest BCUT2D eigenvalue weighted by atomic mass is 32.2. The van der Waals surface area contributed by atoms with Crippen LogP contribution in [0.2, 0.25) is 0 Å².